The maximum Gasteiger partial charge on any atom is 0.410 e. The molecule has 0 aromatic rings. The summed E-state index contributed by atoms with van der Waals surface area (Å²) in [5, 5.41) is 6.22. The van der Waals surface area contributed by atoms with Crippen LogP contribution in [0.2, 0.25) is 0 Å². The van der Waals surface area contributed by atoms with Gasteiger partial charge in [0.05, 0.1) is 0 Å². The molecule has 0 aromatic carbocycles. The van der Waals surface area contributed by atoms with Gasteiger partial charge in [-0.25, -0.2) is 4.79 Å². The average Bonchev–Trinajstić information content (AvgIpc) is 2.63. The predicted molar refractivity (Wildman–Crippen MR) is 91.6 cm³/mol. The summed E-state index contributed by atoms with van der Waals surface area (Å²) in [7, 11) is 6.58. The lowest BCUT2D eigenvalue weighted by Crippen LogP contribution is -2.38. The van der Waals surface area contributed by atoms with Gasteiger partial charge >= 0.3 is 6.09 Å². The molecule has 1 aliphatic heterocycles. The molecule has 126 valence electrons. The maximum atomic E-state index is 11.6. The molecule has 1 heterocycles. The number of carbonyl (C=O) groups is 1. The van der Waals surface area contributed by atoms with Crippen molar-refractivity contribution in [1.82, 2.24) is 20.2 Å². The normalized spacial score (nSPS) is 16.0. The average molecular weight is 320 g/mol. The number of hydrogen-bond donors (Lipinski definition) is 2. The summed E-state index contributed by atoms with van der Waals surface area (Å²) in [5.41, 5.74) is -0.392. The molecule has 7 heteroatoms. The Kier molecular flexibility index (Phi) is 11.0. The summed E-state index contributed by atoms with van der Waals surface area (Å²) in [5.74, 6) is 0. The minimum Gasteiger partial charge on any atom is -0.444 e. The van der Waals surface area contributed by atoms with E-state index in [1.807, 2.05) is 20.8 Å². The third-order valence-electron chi connectivity index (χ3n) is 2.70. The number of nitrogens with zero attached hydrogens (tertiary/aromatic N) is 2. The number of hydrogen-bond acceptors (Lipinski definition) is 5. The van der Waals surface area contributed by atoms with Crippen LogP contribution in [0.15, 0.2) is 0 Å². The van der Waals surface area contributed by atoms with Gasteiger partial charge in [-0.1, -0.05) is 9.39 Å². The van der Waals surface area contributed by atoms with Crippen LogP contribution in [0.5, 0.6) is 0 Å². The molecule has 0 aliphatic carbocycles. The van der Waals surface area contributed by atoms with Crippen molar-refractivity contribution in [3.63, 3.8) is 0 Å². The van der Waals surface area contributed by atoms with Gasteiger partial charge in [0.1, 0.15) is 5.60 Å². The molecule has 21 heavy (non-hydrogen) atoms. The Hall–Kier alpha value is -0.420. The van der Waals surface area contributed by atoms with Crippen LogP contribution >= 0.6 is 9.39 Å². The van der Waals surface area contributed by atoms with Crippen molar-refractivity contribution >= 4 is 15.5 Å². The summed E-state index contributed by atoms with van der Waals surface area (Å²) in [6, 6.07) is 0. The highest BCUT2D eigenvalue weighted by Crippen LogP contribution is 2.10. The highest BCUT2D eigenvalue weighted by Gasteiger charge is 2.22. The number of amides is 1. The second-order valence-electron chi connectivity index (χ2n) is 6.33. The molecule has 1 rings (SSSR count). The fourth-order valence-corrected chi connectivity index (χ4v) is 1.77. The minimum absolute atomic E-state index is 0.193. The Morgan fingerprint density at radius 1 is 1.33 bits per heavy atom. The number of likely N-dealkylation sites (N-methyl/N-ethyl adjacent to an activating group) is 1. The third-order valence-corrected chi connectivity index (χ3v) is 2.98. The second-order valence-corrected chi connectivity index (χ2v) is 6.74. The van der Waals surface area contributed by atoms with Crippen LogP contribution in [0.25, 0.3) is 0 Å². The second kappa shape index (κ2) is 11.2. The van der Waals surface area contributed by atoms with Gasteiger partial charge < -0.3 is 19.9 Å². The van der Waals surface area contributed by atoms with Gasteiger partial charge in [0.25, 0.3) is 0 Å². The van der Waals surface area contributed by atoms with Crippen LogP contribution in [-0.4, -0.2) is 74.9 Å². The molecule has 1 atom stereocenters. The molecule has 0 saturated carbocycles. The van der Waals surface area contributed by atoms with Gasteiger partial charge in [0.15, 0.2) is 0 Å². The monoisotopic (exact) mass is 320 g/mol. The molecule has 1 saturated heterocycles. The van der Waals surface area contributed by atoms with Crippen molar-refractivity contribution in [3.05, 3.63) is 0 Å². The van der Waals surface area contributed by atoms with E-state index in [0.29, 0.717) is 0 Å². The topological polar surface area (TPSA) is 56.8 Å². The SMILES string of the molecule is CC(C)(C)OC(=O)N1CCCNCC1.CN(C)CCNP. The number of nitrogens with one attached hydrogen (secondary N) is 2. The van der Waals surface area contributed by atoms with E-state index in [4.69, 9.17) is 4.74 Å². The maximum absolute atomic E-state index is 11.6. The standard InChI is InChI=1S/C10H20N2O2.C4H13N2P/c1-10(2,3)14-9(13)12-7-4-5-11-6-8-12;1-6(2)4-3-5-7/h11H,4-8H2,1-3H3;5H,3-4,7H2,1-2H3. The molecule has 6 nitrogen and oxygen atoms in total. The molecule has 0 aromatic heterocycles. The smallest absolute Gasteiger partial charge is 0.410 e. The van der Waals surface area contributed by atoms with Gasteiger partial charge in [0, 0.05) is 32.7 Å². The highest BCUT2D eigenvalue weighted by molar-refractivity contribution is 7.13. The first kappa shape index (κ1) is 20.6. The van der Waals surface area contributed by atoms with Gasteiger partial charge in [-0.15, -0.1) is 0 Å². The van der Waals surface area contributed by atoms with Crippen LogP contribution in [0.3, 0.4) is 0 Å². The zero-order valence-corrected chi connectivity index (χ0v) is 15.4. The fraction of sp³-hybridized carbons (Fsp3) is 0.929. The number of ether oxygens (including phenoxy) is 1. The van der Waals surface area contributed by atoms with E-state index >= 15 is 0 Å². The van der Waals surface area contributed by atoms with E-state index in [9.17, 15) is 4.79 Å². The van der Waals surface area contributed by atoms with Crippen molar-refractivity contribution in [2.24, 2.45) is 0 Å². The van der Waals surface area contributed by atoms with E-state index in [0.717, 1.165) is 45.7 Å². The van der Waals surface area contributed by atoms with E-state index in [2.05, 4.69) is 38.8 Å². The summed E-state index contributed by atoms with van der Waals surface area (Å²) >= 11 is 0. The van der Waals surface area contributed by atoms with Gasteiger partial charge in [-0.2, -0.15) is 0 Å². The van der Waals surface area contributed by atoms with Crippen molar-refractivity contribution in [3.8, 4) is 0 Å². The van der Waals surface area contributed by atoms with Crippen LogP contribution in [0.4, 0.5) is 4.79 Å². The first-order valence-corrected chi connectivity index (χ1v) is 8.11. The van der Waals surface area contributed by atoms with Crippen LogP contribution in [0, 0.1) is 0 Å². The predicted octanol–water partition coefficient (Wildman–Crippen LogP) is 1.14. The van der Waals surface area contributed by atoms with Crippen molar-refractivity contribution in [2.75, 3.05) is 53.4 Å². The zero-order chi connectivity index (χ0) is 16.3. The Morgan fingerprint density at radius 2 is 2.00 bits per heavy atom. The largest absolute Gasteiger partial charge is 0.444 e. The Bertz CT molecular complexity index is 275. The minimum atomic E-state index is -0.392. The van der Waals surface area contributed by atoms with Gasteiger partial charge in [-0.05, 0) is 47.8 Å². The number of rotatable bonds is 3. The van der Waals surface area contributed by atoms with Crippen LogP contribution < -0.4 is 10.4 Å². The van der Waals surface area contributed by atoms with E-state index < -0.39 is 5.60 Å². The lowest BCUT2D eigenvalue weighted by Gasteiger charge is -2.26. The third kappa shape index (κ3) is 13.0. The molecule has 1 fully saturated rings. The van der Waals surface area contributed by atoms with Gasteiger partial charge in [-0.3, -0.25) is 5.09 Å². The van der Waals surface area contributed by atoms with Crippen molar-refractivity contribution in [1.29, 1.82) is 0 Å². The van der Waals surface area contributed by atoms with Crippen molar-refractivity contribution in [2.45, 2.75) is 32.8 Å². The molecular formula is C14H33N4O2P. The Labute approximate surface area is 132 Å². The Morgan fingerprint density at radius 3 is 2.48 bits per heavy atom. The van der Waals surface area contributed by atoms with Crippen LogP contribution in [0.1, 0.15) is 27.2 Å². The molecule has 0 bridgehead atoms. The molecule has 1 unspecified atom stereocenters. The lowest BCUT2D eigenvalue weighted by molar-refractivity contribution is 0.0262. The first-order valence-electron chi connectivity index (χ1n) is 7.53. The zero-order valence-electron chi connectivity index (χ0n) is 14.2. The Balaban J connectivity index is 0.000000486. The summed E-state index contributed by atoms with van der Waals surface area (Å²) in [6.07, 6.45) is 0.806. The molecular weight excluding hydrogens is 287 g/mol. The van der Waals surface area contributed by atoms with Gasteiger partial charge in [0.2, 0.25) is 0 Å². The summed E-state index contributed by atoms with van der Waals surface area (Å²) in [4.78, 5) is 15.5. The lowest BCUT2D eigenvalue weighted by atomic mass is 10.2. The van der Waals surface area contributed by atoms with E-state index in [1.54, 1.807) is 4.90 Å². The quantitative estimate of drug-likeness (QED) is 0.764. The molecule has 0 radical (unpaired) electrons. The van der Waals surface area contributed by atoms with E-state index in [1.165, 1.54) is 0 Å². The highest BCUT2D eigenvalue weighted by atomic mass is 31.0. The molecule has 2 N–H and O–H groups in total. The summed E-state index contributed by atoms with van der Waals surface area (Å²) in [6.45, 7) is 11.2. The number of carbonyl (C=O) groups excluding carboxylic acids is 1. The molecule has 0 spiro atoms. The fourth-order valence-electron chi connectivity index (χ4n) is 1.64. The first-order chi connectivity index (χ1) is 9.76. The van der Waals surface area contributed by atoms with E-state index in [-0.39, 0.29) is 6.09 Å². The molecule has 1 amide bonds. The van der Waals surface area contributed by atoms with Crippen molar-refractivity contribution < 1.29 is 9.53 Å². The van der Waals surface area contributed by atoms with Crippen LogP contribution in [-0.2, 0) is 4.74 Å². The molecule has 1 aliphatic rings. The summed E-state index contributed by atoms with van der Waals surface area (Å²) < 4.78 is 5.29.